The van der Waals surface area contributed by atoms with Crippen molar-refractivity contribution in [2.45, 2.75) is 51.9 Å². The minimum absolute atomic E-state index is 0.235. The molecule has 0 saturated heterocycles. The normalized spacial score (nSPS) is 11.5. The van der Waals surface area contributed by atoms with Crippen LogP contribution in [0.25, 0.3) is 0 Å². The Labute approximate surface area is 113 Å². The summed E-state index contributed by atoms with van der Waals surface area (Å²) < 4.78 is 2.04. The highest BCUT2D eigenvalue weighted by molar-refractivity contribution is 7.99. The molecule has 6 heteroatoms. The fraction of sp³-hybridized carbons (Fsp3) is 0.750. The summed E-state index contributed by atoms with van der Waals surface area (Å²) in [5.41, 5.74) is 5.37. The maximum Gasteiger partial charge on any atom is 0.191 e. The molecular formula is C12H21N5S. The molecule has 0 radical (unpaired) electrons. The molecule has 1 rings (SSSR count). The van der Waals surface area contributed by atoms with Gasteiger partial charge in [0.2, 0.25) is 0 Å². The Morgan fingerprint density at radius 1 is 1.44 bits per heavy atom. The molecule has 0 fully saturated rings. The molecule has 0 atom stereocenters. The van der Waals surface area contributed by atoms with E-state index in [0.717, 1.165) is 36.1 Å². The molecule has 1 aromatic rings. The van der Waals surface area contributed by atoms with Gasteiger partial charge in [0.05, 0.1) is 18.0 Å². The molecule has 2 N–H and O–H groups in total. The number of nitriles is 1. The van der Waals surface area contributed by atoms with E-state index in [-0.39, 0.29) is 5.41 Å². The van der Waals surface area contributed by atoms with Gasteiger partial charge < -0.3 is 10.3 Å². The lowest BCUT2D eigenvalue weighted by Crippen LogP contribution is -2.09. The van der Waals surface area contributed by atoms with E-state index in [0.29, 0.717) is 6.54 Å². The van der Waals surface area contributed by atoms with Crippen molar-refractivity contribution in [3.8, 4) is 6.07 Å². The number of aromatic nitrogens is 3. The van der Waals surface area contributed by atoms with Crippen LogP contribution in [0.4, 0.5) is 0 Å². The lowest BCUT2D eigenvalue weighted by molar-refractivity contribution is 0.447. The minimum atomic E-state index is -0.235. The smallest absolute Gasteiger partial charge is 0.191 e. The summed E-state index contributed by atoms with van der Waals surface area (Å²) in [4.78, 5) is 0. The van der Waals surface area contributed by atoms with Gasteiger partial charge >= 0.3 is 0 Å². The first-order valence-electron chi connectivity index (χ1n) is 6.20. The number of hydrogen-bond donors (Lipinski definition) is 1. The first-order valence-corrected chi connectivity index (χ1v) is 7.19. The number of nitrogens with zero attached hydrogens (tertiary/aromatic N) is 4. The molecule has 1 aromatic heterocycles. The highest BCUT2D eigenvalue weighted by Gasteiger charge is 2.16. The number of rotatable bonds is 7. The van der Waals surface area contributed by atoms with E-state index in [1.165, 1.54) is 0 Å². The van der Waals surface area contributed by atoms with Crippen molar-refractivity contribution in [2.75, 3.05) is 5.75 Å². The zero-order chi connectivity index (χ0) is 13.6. The van der Waals surface area contributed by atoms with Crippen molar-refractivity contribution in [3.63, 3.8) is 0 Å². The highest BCUT2D eigenvalue weighted by Crippen LogP contribution is 2.24. The second kappa shape index (κ2) is 6.76. The summed E-state index contributed by atoms with van der Waals surface area (Å²) in [6.07, 6.45) is 1.90. The molecule has 0 aromatic carbocycles. The molecule has 1 heterocycles. The standard InChI is InChI=1S/C12H21N5S/c1-4-17-10(8-13)15-16-11(17)18-7-5-6-12(2,3)9-14/h4-8,13H2,1-3H3. The third-order valence-corrected chi connectivity index (χ3v) is 3.83. The summed E-state index contributed by atoms with van der Waals surface area (Å²) in [5, 5.41) is 18.1. The van der Waals surface area contributed by atoms with Crippen molar-refractivity contribution < 1.29 is 0 Å². The van der Waals surface area contributed by atoms with Crippen LogP contribution in [0.5, 0.6) is 0 Å². The molecule has 0 spiro atoms. The van der Waals surface area contributed by atoms with E-state index in [9.17, 15) is 0 Å². The zero-order valence-corrected chi connectivity index (χ0v) is 12.1. The van der Waals surface area contributed by atoms with E-state index in [2.05, 4.69) is 23.2 Å². The van der Waals surface area contributed by atoms with Gasteiger partial charge in [-0.25, -0.2) is 0 Å². The summed E-state index contributed by atoms with van der Waals surface area (Å²) in [7, 11) is 0. The van der Waals surface area contributed by atoms with Crippen LogP contribution >= 0.6 is 11.8 Å². The first-order chi connectivity index (χ1) is 8.54. The largest absolute Gasteiger partial charge is 0.324 e. The van der Waals surface area contributed by atoms with E-state index >= 15 is 0 Å². The van der Waals surface area contributed by atoms with Crippen LogP contribution in [0.1, 0.15) is 39.4 Å². The second-order valence-electron chi connectivity index (χ2n) is 4.79. The third-order valence-electron chi connectivity index (χ3n) is 2.77. The lowest BCUT2D eigenvalue weighted by atomic mass is 9.90. The van der Waals surface area contributed by atoms with Crippen molar-refractivity contribution in [1.82, 2.24) is 14.8 Å². The van der Waals surface area contributed by atoms with Crippen LogP contribution < -0.4 is 5.73 Å². The molecular weight excluding hydrogens is 246 g/mol. The summed E-state index contributed by atoms with van der Waals surface area (Å²) in [5.74, 6) is 1.78. The van der Waals surface area contributed by atoms with Gasteiger partial charge in [-0.1, -0.05) is 11.8 Å². The maximum atomic E-state index is 8.93. The molecule has 0 unspecified atom stereocenters. The summed E-state index contributed by atoms with van der Waals surface area (Å²) >= 11 is 1.68. The van der Waals surface area contributed by atoms with Crippen molar-refractivity contribution in [1.29, 1.82) is 5.26 Å². The number of hydrogen-bond acceptors (Lipinski definition) is 5. The van der Waals surface area contributed by atoms with Crippen LogP contribution in [0.2, 0.25) is 0 Å². The topological polar surface area (TPSA) is 80.5 Å². The molecule has 0 aliphatic heterocycles. The fourth-order valence-corrected chi connectivity index (χ4v) is 2.59. The van der Waals surface area contributed by atoms with Crippen LogP contribution in [0.15, 0.2) is 5.16 Å². The number of nitrogens with two attached hydrogens (primary N) is 1. The molecule has 0 amide bonds. The van der Waals surface area contributed by atoms with Crippen LogP contribution in [-0.4, -0.2) is 20.5 Å². The molecule has 0 bridgehead atoms. The van der Waals surface area contributed by atoms with Gasteiger partial charge in [0, 0.05) is 12.3 Å². The van der Waals surface area contributed by atoms with E-state index < -0.39 is 0 Å². The van der Waals surface area contributed by atoms with E-state index in [4.69, 9.17) is 11.0 Å². The van der Waals surface area contributed by atoms with Gasteiger partial charge in [-0.3, -0.25) is 0 Å². The minimum Gasteiger partial charge on any atom is -0.324 e. The molecule has 0 saturated carbocycles. The highest BCUT2D eigenvalue weighted by atomic mass is 32.2. The Morgan fingerprint density at radius 2 is 2.17 bits per heavy atom. The molecule has 5 nitrogen and oxygen atoms in total. The zero-order valence-electron chi connectivity index (χ0n) is 11.3. The average molecular weight is 267 g/mol. The number of thioether (sulfide) groups is 1. The Hall–Kier alpha value is -1.06. The van der Waals surface area contributed by atoms with Gasteiger partial charge in [0.15, 0.2) is 5.16 Å². The Balaban J connectivity index is 2.45. The third kappa shape index (κ3) is 4.00. The van der Waals surface area contributed by atoms with Crippen molar-refractivity contribution in [3.05, 3.63) is 5.82 Å². The average Bonchev–Trinajstić information content (AvgIpc) is 2.76. The predicted octanol–water partition coefficient (Wildman–Crippen LogP) is 2.18. The van der Waals surface area contributed by atoms with Gasteiger partial charge in [-0.15, -0.1) is 10.2 Å². The maximum absolute atomic E-state index is 8.93. The molecule has 0 aliphatic carbocycles. The van der Waals surface area contributed by atoms with Gasteiger partial charge in [-0.2, -0.15) is 5.26 Å². The van der Waals surface area contributed by atoms with Crippen LogP contribution in [0, 0.1) is 16.7 Å². The predicted molar refractivity (Wildman–Crippen MR) is 72.9 cm³/mol. The SMILES string of the molecule is CCn1c(CN)nnc1SCCCC(C)(C)C#N. The second-order valence-corrected chi connectivity index (χ2v) is 5.86. The Bertz CT molecular complexity index is 419. The van der Waals surface area contributed by atoms with Crippen molar-refractivity contribution >= 4 is 11.8 Å². The molecule has 100 valence electrons. The van der Waals surface area contributed by atoms with Crippen LogP contribution in [0.3, 0.4) is 0 Å². The van der Waals surface area contributed by atoms with Gasteiger partial charge in [0.25, 0.3) is 0 Å². The van der Waals surface area contributed by atoms with Gasteiger partial charge in [-0.05, 0) is 33.6 Å². The fourth-order valence-electron chi connectivity index (χ4n) is 1.63. The summed E-state index contributed by atoms with van der Waals surface area (Å²) in [6, 6.07) is 2.32. The lowest BCUT2D eigenvalue weighted by Gasteiger charge is -2.14. The summed E-state index contributed by atoms with van der Waals surface area (Å²) in [6.45, 7) is 7.26. The monoisotopic (exact) mass is 267 g/mol. The van der Waals surface area contributed by atoms with Crippen molar-refractivity contribution in [2.24, 2.45) is 11.1 Å². The van der Waals surface area contributed by atoms with E-state index in [1.54, 1.807) is 11.8 Å². The van der Waals surface area contributed by atoms with E-state index in [1.807, 2.05) is 18.4 Å². The van der Waals surface area contributed by atoms with Crippen LogP contribution in [-0.2, 0) is 13.1 Å². The Morgan fingerprint density at radius 3 is 2.72 bits per heavy atom. The first kappa shape index (κ1) is 15.0. The molecule has 0 aliphatic rings. The Kier molecular flexibility index (Phi) is 5.63. The molecule has 18 heavy (non-hydrogen) atoms. The van der Waals surface area contributed by atoms with Gasteiger partial charge in [0.1, 0.15) is 5.82 Å². The quantitative estimate of drug-likeness (QED) is 0.605.